The van der Waals surface area contributed by atoms with Gasteiger partial charge in [0.2, 0.25) is 15.9 Å². The van der Waals surface area contributed by atoms with Crippen molar-refractivity contribution >= 4 is 38.9 Å². The van der Waals surface area contributed by atoms with Crippen LogP contribution in [0.1, 0.15) is 5.56 Å². The standard InChI is InChI=1S/C16H14ClF3N2O3S/c1-26(24,25)22(14-4-2-3-12(17)9-14)10-15(23)21-13-7-5-11(6-8-13)16(18,19)20/h2-9H,10H2,1H3,(H,21,23). The van der Waals surface area contributed by atoms with Gasteiger partial charge in [0.15, 0.2) is 0 Å². The summed E-state index contributed by atoms with van der Waals surface area (Å²) in [5.41, 5.74) is -0.544. The highest BCUT2D eigenvalue weighted by atomic mass is 35.5. The molecule has 2 rings (SSSR count). The number of benzene rings is 2. The summed E-state index contributed by atoms with van der Waals surface area (Å²) in [6, 6.07) is 9.75. The van der Waals surface area contributed by atoms with E-state index in [9.17, 15) is 26.4 Å². The molecule has 0 heterocycles. The molecular weight excluding hydrogens is 393 g/mol. The van der Waals surface area contributed by atoms with Gasteiger partial charge in [0.25, 0.3) is 0 Å². The lowest BCUT2D eigenvalue weighted by Gasteiger charge is -2.22. The number of hydrogen-bond donors (Lipinski definition) is 1. The molecule has 140 valence electrons. The minimum absolute atomic E-state index is 0.113. The monoisotopic (exact) mass is 406 g/mol. The maximum absolute atomic E-state index is 12.5. The molecule has 5 nitrogen and oxygen atoms in total. The smallest absolute Gasteiger partial charge is 0.325 e. The zero-order valence-electron chi connectivity index (χ0n) is 13.4. The summed E-state index contributed by atoms with van der Waals surface area (Å²) in [6.45, 7) is -0.555. The summed E-state index contributed by atoms with van der Waals surface area (Å²) in [5.74, 6) is -0.713. The molecule has 0 spiro atoms. The van der Waals surface area contributed by atoms with E-state index in [1.54, 1.807) is 6.07 Å². The number of sulfonamides is 1. The lowest BCUT2D eigenvalue weighted by atomic mass is 10.2. The van der Waals surface area contributed by atoms with Crippen molar-refractivity contribution in [3.8, 4) is 0 Å². The summed E-state index contributed by atoms with van der Waals surface area (Å²) in [4.78, 5) is 12.1. The predicted molar refractivity (Wildman–Crippen MR) is 93.7 cm³/mol. The number of nitrogens with zero attached hydrogens (tertiary/aromatic N) is 1. The van der Waals surface area contributed by atoms with Gasteiger partial charge in [0, 0.05) is 10.7 Å². The van der Waals surface area contributed by atoms with Gasteiger partial charge in [-0.2, -0.15) is 13.2 Å². The molecule has 0 aliphatic rings. The number of anilines is 2. The number of amides is 1. The van der Waals surface area contributed by atoms with Gasteiger partial charge in [0.05, 0.1) is 17.5 Å². The SMILES string of the molecule is CS(=O)(=O)N(CC(=O)Nc1ccc(C(F)(F)F)cc1)c1cccc(Cl)c1. The Morgan fingerprint density at radius 2 is 1.77 bits per heavy atom. The second-order valence-electron chi connectivity index (χ2n) is 5.37. The zero-order chi connectivity index (χ0) is 19.5. The summed E-state index contributed by atoms with van der Waals surface area (Å²) in [7, 11) is -3.78. The highest BCUT2D eigenvalue weighted by molar-refractivity contribution is 7.92. The molecule has 0 bridgehead atoms. The van der Waals surface area contributed by atoms with Crippen molar-refractivity contribution in [2.24, 2.45) is 0 Å². The number of halogens is 4. The van der Waals surface area contributed by atoms with Gasteiger partial charge in [-0.3, -0.25) is 9.10 Å². The second kappa shape index (κ2) is 7.55. The van der Waals surface area contributed by atoms with Crippen molar-refractivity contribution in [2.75, 3.05) is 22.4 Å². The Kier molecular flexibility index (Phi) is 5.82. The maximum Gasteiger partial charge on any atom is 0.416 e. The number of hydrogen-bond acceptors (Lipinski definition) is 3. The molecule has 0 aliphatic heterocycles. The van der Waals surface area contributed by atoms with Crippen LogP contribution in [0.4, 0.5) is 24.5 Å². The fourth-order valence-electron chi connectivity index (χ4n) is 2.10. The van der Waals surface area contributed by atoms with Gasteiger partial charge in [-0.05, 0) is 42.5 Å². The van der Waals surface area contributed by atoms with Crippen molar-refractivity contribution < 1.29 is 26.4 Å². The third-order valence-electron chi connectivity index (χ3n) is 3.28. The Bertz CT molecular complexity index is 900. The lowest BCUT2D eigenvalue weighted by molar-refractivity contribution is -0.137. The molecular formula is C16H14ClF3N2O3S. The molecule has 26 heavy (non-hydrogen) atoms. The number of carbonyl (C=O) groups is 1. The Hall–Kier alpha value is -2.26. The summed E-state index contributed by atoms with van der Waals surface area (Å²) < 4.78 is 62.4. The van der Waals surface area contributed by atoms with E-state index in [0.717, 1.165) is 34.8 Å². The minimum atomic E-state index is -4.48. The molecule has 1 N–H and O–H groups in total. The average molecular weight is 407 g/mol. The molecule has 2 aromatic rings. The summed E-state index contributed by atoms with van der Waals surface area (Å²) in [6.07, 6.45) is -3.55. The largest absolute Gasteiger partial charge is 0.416 e. The number of nitrogens with one attached hydrogen (secondary N) is 1. The van der Waals surface area contributed by atoms with Crippen molar-refractivity contribution in [3.63, 3.8) is 0 Å². The van der Waals surface area contributed by atoms with Crippen LogP contribution < -0.4 is 9.62 Å². The summed E-state index contributed by atoms with van der Waals surface area (Å²) >= 11 is 5.84. The highest BCUT2D eigenvalue weighted by Crippen LogP contribution is 2.29. The van der Waals surface area contributed by atoms with Gasteiger partial charge >= 0.3 is 6.18 Å². The van der Waals surface area contributed by atoms with Gasteiger partial charge in [-0.25, -0.2) is 8.42 Å². The third kappa shape index (κ3) is 5.37. The van der Waals surface area contributed by atoms with Gasteiger partial charge in [-0.15, -0.1) is 0 Å². The number of alkyl halides is 3. The predicted octanol–water partition coefficient (Wildman–Crippen LogP) is 3.76. The molecule has 0 unspecified atom stereocenters. The Morgan fingerprint density at radius 1 is 1.15 bits per heavy atom. The molecule has 2 aromatic carbocycles. The first-order valence-corrected chi connectivity index (χ1v) is 9.40. The number of carbonyl (C=O) groups excluding carboxylic acids is 1. The van der Waals surface area contributed by atoms with Gasteiger partial charge < -0.3 is 5.32 Å². The van der Waals surface area contributed by atoms with Crippen molar-refractivity contribution in [3.05, 3.63) is 59.1 Å². The Morgan fingerprint density at radius 3 is 2.27 bits per heavy atom. The van der Waals surface area contributed by atoms with Crippen LogP contribution in [-0.2, 0) is 21.0 Å². The van der Waals surface area contributed by atoms with Crippen molar-refractivity contribution in [2.45, 2.75) is 6.18 Å². The van der Waals surface area contributed by atoms with E-state index in [2.05, 4.69) is 5.32 Å². The quantitative estimate of drug-likeness (QED) is 0.822. The van der Waals surface area contributed by atoms with E-state index >= 15 is 0 Å². The molecule has 10 heteroatoms. The van der Waals surface area contributed by atoms with Gasteiger partial charge in [0.1, 0.15) is 6.54 Å². The molecule has 0 atom stereocenters. The van der Waals surface area contributed by atoms with E-state index in [-0.39, 0.29) is 11.4 Å². The molecule has 0 radical (unpaired) electrons. The van der Waals surface area contributed by atoms with Crippen LogP contribution in [0.15, 0.2) is 48.5 Å². The van der Waals surface area contributed by atoms with Crippen molar-refractivity contribution in [1.82, 2.24) is 0 Å². The van der Waals surface area contributed by atoms with Crippen molar-refractivity contribution in [1.29, 1.82) is 0 Å². The number of rotatable bonds is 5. The second-order valence-corrected chi connectivity index (χ2v) is 7.72. The molecule has 0 aromatic heterocycles. The topological polar surface area (TPSA) is 66.5 Å². The van der Waals surface area contributed by atoms with Crippen LogP contribution in [0.2, 0.25) is 5.02 Å². The van der Waals surface area contributed by atoms with E-state index in [0.29, 0.717) is 5.02 Å². The lowest BCUT2D eigenvalue weighted by Crippen LogP contribution is -2.37. The van der Waals surface area contributed by atoms with Gasteiger partial charge in [-0.1, -0.05) is 17.7 Å². The molecule has 1 amide bonds. The van der Waals surface area contributed by atoms with E-state index in [4.69, 9.17) is 11.6 Å². The van der Waals surface area contributed by atoms with Crippen LogP contribution in [0.3, 0.4) is 0 Å². The highest BCUT2D eigenvalue weighted by Gasteiger charge is 2.30. The molecule has 0 fully saturated rings. The summed E-state index contributed by atoms with van der Waals surface area (Å²) in [5, 5.41) is 2.65. The molecule has 0 saturated carbocycles. The first-order chi connectivity index (χ1) is 12.0. The fourth-order valence-corrected chi connectivity index (χ4v) is 3.14. The Labute approximate surface area is 153 Å². The Balaban J connectivity index is 2.15. The first-order valence-electron chi connectivity index (χ1n) is 7.17. The average Bonchev–Trinajstić information content (AvgIpc) is 2.51. The van der Waals surface area contributed by atoms with Crippen LogP contribution in [0, 0.1) is 0 Å². The van der Waals surface area contributed by atoms with Crippen LogP contribution in [0.5, 0.6) is 0 Å². The van der Waals surface area contributed by atoms with E-state index < -0.39 is 34.2 Å². The molecule has 0 aliphatic carbocycles. The maximum atomic E-state index is 12.5. The van der Waals surface area contributed by atoms with E-state index in [1.165, 1.54) is 18.2 Å². The zero-order valence-corrected chi connectivity index (χ0v) is 15.0. The first kappa shape index (κ1) is 20.1. The van der Waals surface area contributed by atoms with Crippen LogP contribution >= 0.6 is 11.6 Å². The van der Waals surface area contributed by atoms with Crippen LogP contribution in [-0.4, -0.2) is 27.1 Å². The van der Waals surface area contributed by atoms with Crippen LogP contribution in [0.25, 0.3) is 0 Å². The molecule has 0 saturated heterocycles. The van der Waals surface area contributed by atoms with E-state index in [1.807, 2.05) is 0 Å². The third-order valence-corrected chi connectivity index (χ3v) is 4.66. The normalized spacial score (nSPS) is 11.9. The fraction of sp³-hybridized carbons (Fsp3) is 0.188. The minimum Gasteiger partial charge on any atom is -0.325 e.